The summed E-state index contributed by atoms with van der Waals surface area (Å²) in [6.45, 7) is 4.01. The number of thioether (sulfide) groups is 1. The lowest BCUT2D eigenvalue weighted by Gasteiger charge is -2.11. The van der Waals surface area contributed by atoms with Crippen LogP contribution in [0.25, 0.3) is 0 Å². The van der Waals surface area contributed by atoms with Crippen LogP contribution < -0.4 is 10.1 Å². The van der Waals surface area contributed by atoms with Crippen LogP contribution in [-0.4, -0.2) is 30.8 Å². The highest BCUT2D eigenvalue weighted by Gasteiger charge is 2.13. The molecule has 134 valence electrons. The number of furan rings is 1. The molecule has 0 saturated heterocycles. The fourth-order valence-electron chi connectivity index (χ4n) is 2.02. The first-order chi connectivity index (χ1) is 12.1. The molecule has 7 heteroatoms. The van der Waals surface area contributed by atoms with Crippen LogP contribution in [-0.2, 0) is 14.3 Å². The molecule has 2 aromatic rings. The average molecular weight is 363 g/mol. The van der Waals surface area contributed by atoms with E-state index in [1.807, 2.05) is 31.2 Å². The Morgan fingerprint density at radius 2 is 2.00 bits per heavy atom. The minimum absolute atomic E-state index is 0.134. The van der Waals surface area contributed by atoms with E-state index in [1.165, 1.54) is 18.0 Å². The molecule has 0 saturated carbocycles. The third-order valence-corrected chi connectivity index (χ3v) is 4.19. The maximum atomic E-state index is 11.8. The van der Waals surface area contributed by atoms with Gasteiger partial charge in [-0.05, 0) is 50.2 Å². The van der Waals surface area contributed by atoms with Gasteiger partial charge in [0.2, 0.25) is 0 Å². The second kappa shape index (κ2) is 9.78. The molecule has 1 heterocycles. The van der Waals surface area contributed by atoms with Crippen molar-refractivity contribution < 1.29 is 23.5 Å². The normalized spacial score (nSPS) is 11.6. The SMILES string of the molecule is CCOc1ccc(SCC(=O)OCC(=O)N[C@H](C)c2ccco2)cc1. The Labute approximate surface area is 150 Å². The van der Waals surface area contributed by atoms with Crippen molar-refractivity contribution in [3.8, 4) is 5.75 Å². The van der Waals surface area contributed by atoms with Crippen LogP contribution in [0.1, 0.15) is 25.6 Å². The Morgan fingerprint density at radius 3 is 2.64 bits per heavy atom. The molecule has 0 spiro atoms. The third-order valence-electron chi connectivity index (χ3n) is 3.20. The summed E-state index contributed by atoms with van der Waals surface area (Å²) >= 11 is 1.34. The fraction of sp³-hybridized carbons (Fsp3) is 0.333. The van der Waals surface area contributed by atoms with E-state index < -0.39 is 5.97 Å². The van der Waals surface area contributed by atoms with Gasteiger partial charge >= 0.3 is 5.97 Å². The zero-order valence-corrected chi connectivity index (χ0v) is 15.0. The number of carbonyl (C=O) groups is 2. The van der Waals surface area contributed by atoms with Gasteiger partial charge in [0.05, 0.1) is 24.7 Å². The zero-order chi connectivity index (χ0) is 18.1. The lowest BCUT2D eigenvalue weighted by molar-refractivity contribution is -0.146. The van der Waals surface area contributed by atoms with E-state index in [0.29, 0.717) is 12.4 Å². The smallest absolute Gasteiger partial charge is 0.316 e. The van der Waals surface area contributed by atoms with E-state index in [0.717, 1.165) is 10.6 Å². The van der Waals surface area contributed by atoms with Crippen LogP contribution in [0.15, 0.2) is 52.0 Å². The van der Waals surface area contributed by atoms with Gasteiger partial charge in [-0.3, -0.25) is 9.59 Å². The van der Waals surface area contributed by atoms with Gasteiger partial charge in [-0.1, -0.05) is 0 Å². The maximum absolute atomic E-state index is 11.8. The summed E-state index contributed by atoms with van der Waals surface area (Å²) in [5, 5.41) is 2.70. The largest absolute Gasteiger partial charge is 0.494 e. The van der Waals surface area contributed by atoms with Crippen LogP contribution in [0.5, 0.6) is 5.75 Å². The number of amides is 1. The Bertz CT molecular complexity index is 669. The third kappa shape index (κ3) is 6.54. The Morgan fingerprint density at radius 1 is 1.24 bits per heavy atom. The van der Waals surface area contributed by atoms with Crippen molar-refractivity contribution in [1.29, 1.82) is 0 Å². The first kappa shape index (κ1) is 18.9. The van der Waals surface area contributed by atoms with E-state index in [4.69, 9.17) is 13.9 Å². The van der Waals surface area contributed by atoms with Crippen molar-refractivity contribution in [3.05, 3.63) is 48.4 Å². The number of carbonyl (C=O) groups excluding carboxylic acids is 2. The summed E-state index contributed by atoms with van der Waals surface area (Å²) < 4.78 is 15.5. The minimum atomic E-state index is -0.445. The van der Waals surface area contributed by atoms with Crippen LogP contribution in [0.3, 0.4) is 0 Å². The van der Waals surface area contributed by atoms with Crippen LogP contribution >= 0.6 is 11.8 Å². The Balaban J connectivity index is 1.67. The van der Waals surface area contributed by atoms with E-state index in [-0.39, 0.29) is 24.3 Å². The highest BCUT2D eigenvalue weighted by atomic mass is 32.2. The molecule has 0 bridgehead atoms. The van der Waals surface area contributed by atoms with Crippen molar-refractivity contribution in [2.24, 2.45) is 0 Å². The van der Waals surface area contributed by atoms with Gasteiger partial charge in [0, 0.05) is 4.90 Å². The predicted molar refractivity (Wildman–Crippen MR) is 94.6 cm³/mol. The van der Waals surface area contributed by atoms with Crippen LogP contribution in [0.2, 0.25) is 0 Å². The van der Waals surface area contributed by atoms with Crippen molar-refractivity contribution in [2.45, 2.75) is 24.8 Å². The number of benzene rings is 1. The summed E-state index contributed by atoms with van der Waals surface area (Å²) in [5.41, 5.74) is 0. The van der Waals surface area contributed by atoms with Crippen molar-refractivity contribution >= 4 is 23.6 Å². The number of hydrogen-bond acceptors (Lipinski definition) is 6. The van der Waals surface area contributed by atoms with Crippen LogP contribution in [0, 0.1) is 0 Å². The van der Waals surface area contributed by atoms with Crippen molar-refractivity contribution in [2.75, 3.05) is 19.0 Å². The molecule has 2 rings (SSSR count). The minimum Gasteiger partial charge on any atom is -0.494 e. The van der Waals surface area contributed by atoms with Crippen molar-refractivity contribution in [3.63, 3.8) is 0 Å². The fourth-order valence-corrected chi connectivity index (χ4v) is 2.72. The highest BCUT2D eigenvalue weighted by Crippen LogP contribution is 2.21. The van der Waals surface area contributed by atoms with E-state index >= 15 is 0 Å². The van der Waals surface area contributed by atoms with Gasteiger partial charge in [0.15, 0.2) is 6.61 Å². The topological polar surface area (TPSA) is 77.8 Å². The van der Waals surface area contributed by atoms with E-state index in [2.05, 4.69) is 5.32 Å². The first-order valence-electron chi connectivity index (χ1n) is 7.92. The molecule has 1 atom stereocenters. The molecule has 1 N–H and O–H groups in total. The van der Waals surface area contributed by atoms with Crippen LogP contribution in [0.4, 0.5) is 0 Å². The molecule has 0 aliphatic rings. The van der Waals surface area contributed by atoms with E-state index in [9.17, 15) is 9.59 Å². The molecule has 1 amide bonds. The van der Waals surface area contributed by atoms with Gasteiger partial charge in [-0.15, -0.1) is 11.8 Å². The van der Waals surface area contributed by atoms with Gasteiger partial charge in [0.1, 0.15) is 11.5 Å². The molecule has 0 fully saturated rings. The Hall–Kier alpha value is -2.41. The number of hydrogen-bond donors (Lipinski definition) is 1. The quantitative estimate of drug-likeness (QED) is 0.545. The number of rotatable bonds is 9. The number of ether oxygens (including phenoxy) is 2. The van der Waals surface area contributed by atoms with Gasteiger partial charge in [0.25, 0.3) is 5.91 Å². The zero-order valence-electron chi connectivity index (χ0n) is 14.2. The van der Waals surface area contributed by atoms with Gasteiger partial charge in [-0.25, -0.2) is 0 Å². The summed E-state index contributed by atoms with van der Waals surface area (Å²) in [4.78, 5) is 24.4. The molecular formula is C18H21NO5S. The average Bonchev–Trinajstić information content (AvgIpc) is 3.14. The molecule has 25 heavy (non-hydrogen) atoms. The molecule has 1 aromatic heterocycles. The lowest BCUT2D eigenvalue weighted by Crippen LogP contribution is -2.31. The molecule has 0 aliphatic carbocycles. The highest BCUT2D eigenvalue weighted by molar-refractivity contribution is 8.00. The van der Waals surface area contributed by atoms with Gasteiger partial charge < -0.3 is 19.2 Å². The molecular weight excluding hydrogens is 342 g/mol. The molecule has 0 aliphatic heterocycles. The summed E-state index contributed by atoms with van der Waals surface area (Å²) in [7, 11) is 0. The first-order valence-corrected chi connectivity index (χ1v) is 8.91. The van der Waals surface area contributed by atoms with E-state index in [1.54, 1.807) is 19.1 Å². The maximum Gasteiger partial charge on any atom is 0.316 e. The summed E-state index contributed by atoms with van der Waals surface area (Å²) in [6, 6.07) is 10.7. The summed E-state index contributed by atoms with van der Waals surface area (Å²) in [5.74, 6) is 0.750. The molecule has 0 radical (unpaired) electrons. The number of esters is 1. The monoisotopic (exact) mass is 363 g/mol. The lowest BCUT2D eigenvalue weighted by atomic mass is 10.2. The Kier molecular flexibility index (Phi) is 7.40. The second-order valence-corrected chi connectivity index (χ2v) is 6.21. The molecule has 6 nitrogen and oxygen atoms in total. The summed E-state index contributed by atoms with van der Waals surface area (Å²) in [6.07, 6.45) is 1.54. The van der Waals surface area contributed by atoms with Gasteiger partial charge in [-0.2, -0.15) is 0 Å². The van der Waals surface area contributed by atoms with Crippen molar-refractivity contribution in [1.82, 2.24) is 5.32 Å². The molecule has 0 unspecified atom stereocenters. The molecule has 1 aromatic carbocycles. The number of nitrogens with one attached hydrogen (secondary N) is 1. The predicted octanol–water partition coefficient (Wildman–Crippen LogP) is 3.19. The second-order valence-electron chi connectivity index (χ2n) is 5.16. The standard InChI is InChI=1S/C18H21NO5S/c1-3-22-14-6-8-15(9-7-14)25-12-18(21)24-11-17(20)19-13(2)16-5-4-10-23-16/h4-10,13H,3,11-12H2,1-2H3,(H,19,20)/t13-/m1/s1.